The summed E-state index contributed by atoms with van der Waals surface area (Å²) in [6.45, 7) is 0. The molecule has 0 amide bonds. The maximum absolute atomic E-state index is 5.82. The van der Waals surface area contributed by atoms with Gasteiger partial charge in [0.25, 0.3) is 0 Å². The zero-order valence-corrected chi connectivity index (χ0v) is 14.2. The third kappa shape index (κ3) is 3.28. The number of halogens is 3. The average molecular weight is 437 g/mol. The van der Waals surface area contributed by atoms with Crippen molar-refractivity contribution < 1.29 is 9.47 Å². The van der Waals surface area contributed by atoms with Crippen molar-refractivity contribution in [2.75, 3.05) is 7.11 Å². The first-order valence-electron chi connectivity index (χ1n) is 5.06. The van der Waals surface area contributed by atoms with E-state index in [9.17, 15) is 0 Å². The van der Waals surface area contributed by atoms with E-state index in [2.05, 4.69) is 47.8 Å². The fraction of sp³-hybridized carbons (Fsp3) is 0.0769. The van der Waals surface area contributed by atoms with Gasteiger partial charge in [0.15, 0.2) is 0 Å². The molecule has 2 aromatic carbocycles. The summed E-state index contributed by atoms with van der Waals surface area (Å²) in [4.78, 5) is 0. The largest absolute Gasteiger partial charge is 0.497 e. The second-order valence-corrected chi connectivity index (χ2v) is 6.10. The van der Waals surface area contributed by atoms with Crippen LogP contribution >= 0.6 is 47.8 Å². The van der Waals surface area contributed by atoms with Crippen LogP contribution in [-0.4, -0.2) is 7.11 Å². The first-order valence-corrected chi connectivity index (χ1v) is 7.44. The smallest absolute Gasteiger partial charge is 0.141 e. The van der Waals surface area contributed by atoms with E-state index < -0.39 is 0 Å². The van der Waals surface area contributed by atoms with Crippen molar-refractivity contribution in [3.63, 3.8) is 0 Å². The Morgan fingerprint density at radius 2 is 1.44 bits per heavy atom. The predicted molar refractivity (Wildman–Crippen MR) is 82.6 cm³/mol. The number of hydrogen-bond donors (Lipinski definition) is 0. The monoisotopic (exact) mass is 434 g/mol. The van der Waals surface area contributed by atoms with E-state index in [1.165, 1.54) is 0 Å². The van der Waals surface area contributed by atoms with Crippen LogP contribution < -0.4 is 9.47 Å². The Hall–Kier alpha value is -0.520. The Morgan fingerprint density at radius 3 is 2.00 bits per heavy atom. The van der Waals surface area contributed by atoms with Gasteiger partial charge in [0.05, 0.1) is 16.1 Å². The minimum Gasteiger partial charge on any atom is -0.497 e. The molecule has 0 N–H and O–H groups in total. The minimum absolute atomic E-state index is 0.735. The molecule has 18 heavy (non-hydrogen) atoms. The summed E-state index contributed by atoms with van der Waals surface area (Å²) >= 11 is 10.3. The molecule has 0 bridgehead atoms. The molecular weight excluding hydrogens is 428 g/mol. The second kappa shape index (κ2) is 6.08. The van der Waals surface area contributed by atoms with Crippen LogP contribution in [0.25, 0.3) is 0 Å². The van der Waals surface area contributed by atoms with Crippen molar-refractivity contribution in [1.29, 1.82) is 0 Å². The fourth-order valence-corrected chi connectivity index (χ4v) is 2.93. The van der Waals surface area contributed by atoms with E-state index in [0.29, 0.717) is 0 Å². The number of ether oxygens (including phenoxy) is 2. The van der Waals surface area contributed by atoms with Gasteiger partial charge in [-0.05, 0) is 68.3 Å². The van der Waals surface area contributed by atoms with Crippen LogP contribution in [0.2, 0.25) is 0 Å². The molecular formula is C13H9Br3O2. The number of methoxy groups -OCH3 is 1. The molecule has 94 valence electrons. The van der Waals surface area contributed by atoms with Gasteiger partial charge in [0, 0.05) is 4.47 Å². The summed E-state index contributed by atoms with van der Waals surface area (Å²) in [5.41, 5.74) is 0. The standard InChI is InChI=1S/C13H9Br3O2/c1-17-9-3-5-13(11(16)7-9)18-12-4-2-8(14)6-10(12)15/h2-7H,1H3. The molecule has 2 nitrogen and oxygen atoms in total. The molecule has 0 saturated heterocycles. The first kappa shape index (κ1) is 13.9. The maximum Gasteiger partial charge on any atom is 0.141 e. The molecule has 0 aliphatic heterocycles. The summed E-state index contributed by atoms with van der Waals surface area (Å²) in [6.07, 6.45) is 0. The predicted octanol–water partition coefficient (Wildman–Crippen LogP) is 5.78. The minimum atomic E-state index is 0.735. The highest BCUT2D eigenvalue weighted by Gasteiger charge is 2.07. The zero-order chi connectivity index (χ0) is 13.1. The SMILES string of the molecule is COc1ccc(Oc2ccc(Br)cc2Br)c(Br)c1. The van der Waals surface area contributed by atoms with E-state index >= 15 is 0 Å². The van der Waals surface area contributed by atoms with Gasteiger partial charge >= 0.3 is 0 Å². The lowest BCUT2D eigenvalue weighted by Gasteiger charge is -2.10. The molecule has 2 rings (SSSR count). The van der Waals surface area contributed by atoms with Gasteiger partial charge in [-0.3, -0.25) is 0 Å². The number of benzene rings is 2. The molecule has 0 heterocycles. The lowest BCUT2D eigenvalue weighted by Crippen LogP contribution is -1.88. The van der Waals surface area contributed by atoms with Crippen LogP contribution in [0.5, 0.6) is 17.2 Å². The highest BCUT2D eigenvalue weighted by molar-refractivity contribution is 9.11. The second-order valence-electron chi connectivity index (χ2n) is 3.47. The molecule has 2 aromatic rings. The first-order chi connectivity index (χ1) is 8.60. The summed E-state index contributed by atoms with van der Waals surface area (Å²) in [5, 5.41) is 0. The van der Waals surface area contributed by atoms with Gasteiger partial charge < -0.3 is 9.47 Å². The van der Waals surface area contributed by atoms with Crippen LogP contribution in [-0.2, 0) is 0 Å². The Kier molecular flexibility index (Phi) is 4.70. The van der Waals surface area contributed by atoms with Crippen molar-refractivity contribution in [2.24, 2.45) is 0 Å². The average Bonchev–Trinajstić information content (AvgIpc) is 2.34. The van der Waals surface area contributed by atoms with Gasteiger partial charge in [0.1, 0.15) is 17.2 Å². The Bertz CT molecular complexity index is 570. The quantitative estimate of drug-likeness (QED) is 0.607. The topological polar surface area (TPSA) is 18.5 Å². The molecule has 0 atom stereocenters. The number of hydrogen-bond acceptors (Lipinski definition) is 2. The van der Waals surface area contributed by atoms with Gasteiger partial charge in [-0.1, -0.05) is 15.9 Å². The molecule has 0 radical (unpaired) electrons. The lowest BCUT2D eigenvalue weighted by atomic mass is 10.3. The highest BCUT2D eigenvalue weighted by atomic mass is 79.9. The molecule has 5 heteroatoms. The van der Waals surface area contributed by atoms with Crippen molar-refractivity contribution in [1.82, 2.24) is 0 Å². The summed E-state index contributed by atoms with van der Waals surface area (Å²) in [5.74, 6) is 2.27. The lowest BCUT2D eigenvalue weighted by molar-refractivity contribution is 0.412. The molecule has 0 aliphatic rings. The Labute approximate surface area is 131 Å². The Balaban J connectivity index is 2.28. The van der Waals surface area contributed by atoms with E-state index in [-0.39, 0.29) is 0 Å². The van der Waals surface area contributed by atoms with Crippen molar-refractivity contribution in [3.05, 3.63) is 49.8 Å². The third-order valence-electron chi connectivity index (χ3n) is 2.25. The van der Waals surface area contributed by atoms with E-state index in [4.69, 9.17) is 9.47 Å². The molecule has 0 spiro atoms. The molecule has 0 fully saturated rings. The van der Waals surface area contributed by atoms with Crippen LogP contribution in [0, 0.1) is 0 Å². The summed E-state index contributed by atoms with van der Waals surface area (Å²) < 4.78 is 13.7. The Morgan fingerprint density at radius 1 is 0.833 bits per heavy atom. The highest BCUT2D eigenvalue weighted by Crippen LogP contribution is 2.36. The molecule has 0 aromatic heterocycles. The van der Waals surface area contributed by atoms with Crippen molar-refractivity contribution >= 4 is 47.8 Å². The number of rotatable bonds is 3. The molecule has 0 unspecified atom stereocenters. The van der Waals surface area contributed by atoms with Gasteiger partial charge in [-0.25, -0.2) is 0 Å². The van der Waals surface area contributed by atoms with Gasteiger partial charge in [0.2, 0.25) is 0 Å². The van der Waals surface area contributed by atoms with Crippen molar-refractivity contribution in [2.45, 2.75) is 0 Å². The summed E-state index contributed by atoms with van der Waals surface area (Å²) in [7, 11) is 1.63. The fourth-order valence-electron chi connectivity index (χ4n) is 1.37. The third-order valence-corrected chi connectivity index (χ3v) is 3.99. The van der Waals surface area contributed by atoms with Crippen LogP contribution in [0.1, 0.15) is 0 Å². The summed E-state index contributed by atoms with van der Waals surface area (Å²) in [6, 6.07) is 11.3. The van der Waals surface area contributed by atoms with E-state index in [0.717, 1.165) is 30.7 Å². The zero-order valence-electron chi connectivity index (χ0n) is 9.41. The normalized spacial score (nSPS) is 10.2. The van der Waals surface area contributed by atoms with Crippen LogP contribution in [0.3, 0.4) is 0 Å². The molecule has 0 aliphatic carbocycles. The molecule has 0 saturated carbocycles. The van der Waals surface area contributed by atoms with Crippen LogP contribution in [0.4, 0.5) is 0 Å². The van der Waals surface area contributed by atoms with Gasteiger partial charge in [-0.15, -0.1) is 0 Å². The maximum atomic E-state index is 5.82. The van der Waals surface area contributed by atoms with Gasteiger partial charge in [-0.2, -0.15) is 0 Å². The van der Waals surface area contributed by atoms with E-state index in [1.807, 2.05) is 36.4 Å². The van der Waals surface area contributed by atoms with Crippen LogP contribution in [0.15, 0.2) is 49.8 Å². The van der Waals surface area contributed by atoms with Crippen molar-refractivity contribution in [3.8, 4) is 17.2 Å². The van der Waals surface area contributed by atoms with E-state index in [1.54, 1.807) is 7.11 Å².